The molecule has 0 amide bonds. The number of carbonyl (C=O) groups excluding carboxylic acids is 1. The maximum Gasteiger partial charge on any atom is 0.150 e. The van der Waals surface area contributed by atoms with Crippen LogP contribution in [-0.4, -0.2) is 11.4 Å². The van der Waals surface area contributed by atoms with Gasteiger partial charge in [-0.3, -0.25) is 4.79 Å². The van der Waals surface area contributed by atoms with E-state index in [1.54, 1.807) is 6.07 Å². The van der Waals surface area contributed by atoms with Crippen LogP contribution in [0.1, 0.15) is 10.4 Å². The Morgan fingerprint density at radius 1 is 1.46 bits per heavy atom. The standard InChI is InChI=1S/C9H5BrO2S/c10-7-4-13-9-6(7)1-5(3-11)2-8(9)12/h1-4,12H. The fourth-order valence-corrected chi connectivity index (χ4v) is 2.73. The number of hydrogen-bond acceptors (Lipinski definition) is 3. The molecule has 1 N–H and O–H groups in total. The van der Waals surface area contributed by atoms with Gasteiger partial charge in [0, 0.05) is 20.8 Å². The van der Waals surface area contributed by atoms with Crippen LogP contribution in [0, 0.1) is 0 Å². The van der Waals surface area contributed by atoms with Crippen LogP contribution in [0.2, 0.25) is 0 Å². The van der Waals surface area contributed by atoms with Crippen molar-refractivity contribution in [2.45, 2.75) is 0 Å². The minimum absolute atomic E-state index is 0.162. The van der Waals surface area contributed by atoms with Gasteiger partial charge < -0.3 is 5.11 Å². The summed E-state index contributed by atoms with van der Waals surface area (Å²) in [7, 11) is 0. The summed E-state index contributed by atoms with van der Waals surface area (Å²) in [6.07, 6.45) is 0.725. The highest BCUT2D eigenvalue weighted by Gasteiger charge is 2.07. The van der Waals surface area contributed by atoms with Gasteiger partial charge in [0.1, 0.15) is 12.0 Å². The van der Waals surface area contributed by atoms with Crippen LogP contribution in [0.3, 0.4) is 0 Å². The number of hydrogen-bond donors (Lipinski definition) is 1. The van der Waals surface area contributed by atoms with Gasteiger partial charge in [-0.05, 0) is 28.1 Å². The average molecular weight is 257 g/mol. The van der Waals surface area contributed by atoms with Crippen molar-refractivity contribution in [3.8, 4) is 5.75 Å². The van der Waals surface area contributed by atoms with Gasteiger partial charge in [-0.15, -0.1) is 11.3 Å². The Balaban J connectivity index is 2.87. The number of rotatable bonds is 1. The normalized spacial score (nSPS) is 10.5. The minimum atomic E-state index is 0.162. The van der Waals surface area contributed by atoms with Crippen LogP contribution in [0.25, 0.3) is 10.1 Å². The molecule has 2 aromatic rings. The quantitative estimate of drug-likeness (QED) is 0.796. The summed E-state index contributed by atoms with van der Waals surface area (Å²) in [5.74, 6) is 0.162. The van der Waals surface area contributed by atoms with Gasteiger partial charge in [0.25, 0.3) is 0 Å². The maximum atomic E-state index is 10.5. The van der Waals surface area contributed by atoms with Crippen molar-refractivity contribution in [1.82, 2.24) is 0 Å². The average Bonchev–Trinajstić information content (AvgIpc) is 2.48. The van der Waals surface area contributed by atoms with Crippen molar-refractivity contribution in [1.29, 1.82) is 0 Å². The Kier molecular flexibility index (Phi) is 2.09. The van der Waals surface area contributed by atoms with Crippen LogP contribution in [-0.2, 0) is 0 Å². The molecular formula is C9H5BrO2S. The van der Waals surface area contributed by atoms with E-state index in [0.29, 0.717) is 5.56 Å². The van der Waals surface area contributed by atoms with Crippen molar-refractivity contribution in [3.63, 3.8) is 0 Å². The second-order valence-corrected chi connectivity index (χ2v) is 4.35. The van der Waals surface area contributed by atoms with Crippen molar-refractivity contribution >= 4 is 43.6 Å². The number of fused-ring (bicyclic) bond motifs is 1. The summed E-state index contributed by atoms with van der Waals surface area (Å²) in [5.41, 5.74) is 0.490. The van der Waals surface area contributed by atoms with E-state index in [4.69, 9.17) is 0 Å². The molecule has 0 saturated carbocycles. The molecular weight excluding hydrogens is 252 g/mol. The first kappa shape index (κ1) is 8.72. The Morgan fingerprint density at radius 3 is 2.92 bits per heavy atom. The van der Waals surface area contributed by atoms with Gasteiger partial charge in [0.2, 0.25) is 0 Å². The van der Waals surface area contributed by atoms with Gasteiger partial charge in [0.15, 0.2) is 0 Å². The number of aldehydes is 1. The van der Waals surface area contributed by atoms with Crippen molar-refractivity contribution < 1.29 is 9.90 Å². The van der Waals surface area contributed by atoms with Gasteiger partial charge in [0.05, 0.1) is 4.70 Å². The molecule has 2 rings (SSSR count). The van der Waals surface area contributed by atoms with E-state index in [2.05, 4.69) is 15.9 Å². The van der Waals surface area contributed by atoms with E-state index in [-0.39, 0.29) is 5.75 Å². The lowest BCUT2D eigenvalue weighted by Gasteiger charge is -1.96. The lowest BCUT2D eigenvalue weighted by atomic mass is 10.2. The fourth-order valence-electron chi connectivity index (χ4n) is 1.18. The SMILES string of the molecule is O=Cc1cc(O)c2scc(Br)c2c1. The zero-order valence-corrected chi connectivity index (χ0v) is 8.85. The second kappa shape index (κ2) is 3.12. The van der Waals surface area contributed by atoms with E-state index in [1.807, 2.05) is 5.38 Å². The van der Waals surface area contributed by atoms with Gasteiger partial charge in [-0.2, -0.15) is 0 Å². The van der Waals surface area contributed by atoms with Crippen molar-refractivity contribution in [3.05, 3.63) is 27.5 Å². The topological polar surface area (TPSA) is 37.3 Å². The van der Waals surface area contributed by atoms with Crippen molar-refractivity contribution in [2.24, 2.45) is 0 Å². The highest BCUT2D eigenvalue weighted by Crippen LogP contribution is 2.36. The van der Waals surface area contributed by atoms with Crippen molar-refractivity contribution in [2.75, 3.05) is 0 Å². The second-order valence-electron chi connectivity index (χ2n) is 2.62. The lowest BCUT2D eigenvalue weighted by Crippen LogP contribution is -1.78. The van der Waals surface area contributed by atoms with Crippen LogP contribution < -0.4 is 0 Å². The van der Waals surface area contributed by atoms with Crippen LogP contribution in [0.4, 0.5) is 0 Å². The van der Waals surface area contributed by atoms with Gasteiger partial charge >= 0.3 is 0 Å². The number of aromatic hydroxyl groups is 1. The summed E-state index contributed by atoms with van der Waals surface area (Å²) in [4.78, 5) is 10.5. The summed E-state index contributed by atoms with van der Waals surface area (Å²) in [6, 6.07) is 3.22. The van der Waals surface area contributed by atoms with Crippen LogP contribution in [0.15, 0.2) is 22.0 Å². The number of carbonyl (C=O) groups is 1. The molecule has 0 bridgehead atoms. The Labute approximate surface area is 86.9 Å². The van der Waals surface area contributed by atoms with E-state index < -0.39 is 0 Å². The monoisotopic (exact) mass is 256 g/mol. The number of thiophene rings is 1. The summed E-state index contributed by atoms with van der Waals surface area (Å²) in [6.45, 7) is 0. The molecule has 0 unspecified atom stereocenters. The molecule has 0 spiro atoms. The molecule has 1 aromatic heterocycles. The van der Waals surface area contributed by atoms with Crippen LogP contribution in [0.5, 0.6) is 5.75 Å². The minimum Gasteiger partial charge on any atom is -0.506 e. The first-order chi connectivity index (χ1) is 6.22. The van der Waals surface area contributed by atoms with E-state index >= 15 is 0 Å². The van der Waals surface area contributed by atoms with Gasteiger partial charge in [-0.25, -0.2) is 0 Å². The van der Waals surface area contributed by atoms with Crippen LogP contribution >= 0.6 is 27.3 Å². The Bertz CT molecular complexity index is 476. The zero-order chi connectivity index (χ0) is 9.42. The first-order valence-electron chi connectivity index (χ1n) is 3.57. The fraction of sp³-hybridized carbons (Fsp3) is 0. The predicted molar refractivity (Wildman–Crippen MR) is 56.6 cm³/mol. The highest BCUT2D eigenvalue weighted by atomic mass is 79.9. The molecule has 13 heavy (non-hydrogen) atoms. The third-order valence-electron chi connectivity index (χ3n) is 1.77. The van der Waals surface area contributed by atoms with Gasteiger partial charge in [-0.1, -0.05) is 0 Å². The zero-order valence-electron chi connectivity index (χ0n) is 6.45. The van der Waals surface area contributed by atoms with E-state index in [1.165, 1.54) is 17.4 Å². The Morgan fingerprint density at radius 2 is 2.23 bits per heavy atom. The predicted octanol–water partition coefficient (Wildman–Crippen LogP) is 3.18. The smallest absolute Gasteiger partial charge is 0.150 e. The molecule has 0 fully saturated rings. The summed E-state index contributed by atoms with van der Waals surface area (Å²) >= 11 is 4.79. The molecule has 0 aliphatic carbocycles. The molecule has 66 valence electrons. The molecule has 0 atom stereocenters. The summed E-state index contributed by atoms with van der Waals surface area (Å²) < 4.78 is 1.71. The number of halogens is 1. The summed E-state index contributed by atoms with van der Waals surface area (Å²) in [5, 5.41) is 12.3. The first-order valence-corrected chi connectivity index (χ1v) is 5.24. The number of phenolic OH excluding ortho intramolecular Hbond substituents is 1. The molecule has 2 nitrogen and oxygen atoms in total. The number of phenols is 1. The third-order valence-corrected chi connectivity index (χ3v) is 3.74. The molecule has 4 heteroatoms. The molecule has 1 aromatic carbocycles. The largest absolute Gasteiger partial charge is 0.506 e. The number of benzene rings is 1. The molecule has 0 aliphatic heterocycles. The Hall–Kier alpha value is -0.870. The van der Waals surface area contributed by atoms with E-state index in [0.717, 1.165) is 20.8 Å². The molecule has 0 radical (unpaired) electrons. The third kappa shape index (κ3) is 1.36. The molecule has 1 heterocycles. The lowest BCUT2D eigenvalue weighted by molar-refractivity contribution is 0.112. The van der Waals surface area contributed by atoms with E-state index in [9.17, 15) is 9.90 Å². The maximum absolute atomic E-state index is 10.5. The molecule has 0 aliphatic rings. The highest BCUT2D eigenvalue weighted by molar-refractivity contribution is 9.10. The molecule has 0 saturated heterocycles.